The third-order valence-corrected chi connectivity index (χ3v) is 4.70. The zero-order valence-corrected chi connectivity index (χ0v) is 14.9. The van der Waals surface area contributed by atoms with Gasteiger partial charge in [0.05, 0.1) is 29.1 Å². The van der Waals surface area contributed by atoms with Gasteiger partial charge in [0, 0.05) is 25.8 Å². The number of pyridine rings is 1. The molecule has 0 saturated carbocycles. The summed E-state index contributed by atoms with van der Waals surface area (Å²) in [5, 5.41) is 8.87. The van der Waals surface area contributed by atoms with Gasteiger partial charge in [0.1, 0.15) is 0 Å². The Morgan fingerprint density at radius 2 is 1.92 bits per heavy atom. The molecule has 1 aromatic heterocycles. The van der Waals surface area contributed by atoms with E-state index in [-0.39, 0.29) is 0 Å². The van der Waals surface area contributed by atoms with Crippen molar-refractivity contribution < 1.29 is 0 Å². The minimum Gasteiger partial charge on any atom is -0.299 e. The minimum absolute atomic E-state index is 0.389. The molecule has 2 aromatic rings. The second-order valence-electron chi connectivity index (χ2n) is 6.75. The zero-order valence-electron chi connectivity index (χ0n) is 14.9. The highest BCUT2D eigenvalue weighted by molar-refractivity contribution is 5.97. The fourth-order valence-electron chi connectivity index (χ4n) is 3.17. The van der Waals surface area contributed by atoms with Crippen LogP contribution in [0.15, 0.2) is 47.6 Å². The Morgan fingerprint density at radius 1 is 1.20 bits per heavy atom. The molecule has 1 aromatic carbocycles. The normalized spacial score (nSPS) is 16.6. The van der Waals surface area contributed by atoms with Crippen molar-refractivity contribution in [1.29, 1.82) is 5.26 Å². The average Bonchev–Trinajstić information content (AvgIpc) is 2.64. The van der Waals surface area contributed by atoms with Crippen LogP contribution in [0.5, 0.6) is 0 Å². The van der Waals surface area contributed by atoms with Crippen LogP contribution in [0.4, 0.5) is 0 Å². The molecule has 0 radical (unpaired) electrons. The Balaban J connectivity index is 1.53. The summed E-state index contributed by atoms with van der Waals surface area (Å²) in [6.07, 6.45) is 4.06. The van der Waals surface area contributed by atoms with Crippen LogP contribution in [0.25, 0.3) is 0 Å². The maximum atomic E-state index is 8.87. The molecule has 1 aliphatic rings. The quantitative estimate of drug-likeness (QED) is 0.802. The van der Waals surface area contributed by atoms with Crippen molar-refractivity contribution in [3.8, 4) is 6.07 Å². The topological polar surface area (TPSA) is 52.3 Å². The number of piperidine rings is 1. The molecule has 128 valence electrons. The van der Waals surface area contributed by atoms with Crippen LogP contribution in [0.2, 0.25) is 0 Å². The van der Waals surface area contributed by atoms with Gasteiger partial charge in [-0.05, 0) is 56.0 Å². The number of rotatable bonds is 4. The highest BCUT2D eigenvalue weighted by Gasteiger charge is 2.19. The zero-order chi connectivity index (χ0) is 17.6. The molecule has 25 heavy (non-hydrogen) atoms. The lowest BCUT2D eigenvalue weighted by molar-refractivity contribution is 0.206. The molecule has 1 saturated heterocycles. The van der Waals surface area contributed by atoms with Crippen molar-refractivity contribution in [2.45, 2.75) is 39.3 Å². The molecule has 0 bridgehead atoms. The molecule has 0 aliphatic carbocycles. The molecule has 0 atom stereocenters. The number of hydrogen-bond donors (Lipinski definition) is 0. The predicted octanol–water partition coefficient (Wildman–Crippen LogP) is 3.74. The second-order valence-corrected chi connectivity index (χ2v) is 6.75. The highest BCUT2D eigenvalue weighted by Crippen LogP contribution is 2.17. The van der Waals surface area contributed by atoms with Crippen LogP contribution in [0, 0.1) is 18.3 Å². The molecule has 0 unspecified atom stereocenters. The van der Waals surface area contributed by atoms with E-state index < -0.39 is 0 Å². The van der Waals surface area contributed by atoms with Gasteiger partial charge in [0.25, 0.3) is 0 Å². The molecule has 4 nitrogen and oxygen atoms in total. The summed E-state index contributed by atoms with van der Waals surface area (Å²) >= 11 is 0. The Morgan fingerprint density at radius 3 is 2.52 bits per heavy atom. The Kier molecular flexibility index (Phi) is 5.57. The first kappa shape index (κ1) is 17.3. The van der Waals surface area contributed by atoms with Crippen molar-refractivity contribution >= 4 is 5.71 Å². The van der Waals surface area contributed by atoms with Crippen molar-refractivity contribution in [1.82, 2.24) is 9.88 Å². The third kappa shape index (κ3) is 4.74. The monoisotopic (exact) mass is 332 g/mol. The first-order valence-corrected chi connectivity index (χ1v) is 8.83. The van der Waals surface area contributed by atoms with Crippen LogP contribution in [0.1, 0.15) is 42.1 Å². The molecular weight excluding hydrogens is 308 g/mol. The van der Waals surface area contributed by atoms with Gasteiger partial charge >= 0.3 is 0 Å². The van der Waals surface area contributed by atoms with Crippen molar-refractivity contribution in [2.24, 2.45) is 4.99 Å². The standard InChI is InChI=1S/C21H24N4/c1-16-3-8-21(23-14-16)17(2)24-20-9-11-25(12-10-20)15-19-6-4-18(13-22)5-7-19/h3-8,14,20H,9-12,15H2,1-2H3. The first-order chi connectivity index (χ1) is 12.1. The number of nitrogens with zero attached hydrogens (tertiary/aromatic N) is 4. The number of likely N-dealkylation sites (tertiary alicyclic amines) is 1. The maximum Gasteiger partial charge on any atom is 0.0991 e. The number of aliphatic imine (C=N–C) groups is 1. The molecule has 0 amide bonds. The lowest BCUT2D eigenvalue weighted by Crippen LogP contribution is -2.35. The van der Waals surface area contributed by atoms with Crippen molar-refractivity contribution in [3.63, 3.8) is 0 Å². The van der Waals surface area contributed by atoms with Gasteiger partial charge < -0.3 is 0 Å². The molecule has 2 heterocycles. The number of benzene rings is 1. The van der Waals surface area contributed by atoms with Crippen LogP contribution in [0.3, 0.4) is 0 Å². The Hall–Kier alpha value is -2.51. The van der Waals surface area contributed by atoms with Crippen molar-refractivity contribution in [3.05, 3.63) is 65.0 Å². The highest BCUT2D eigenvalue weighted by atomic mass is 15.1. The molecular formula is C21H24N4. The van der Waals surface area contributed by atoms with E-state index >= 15 is 0 Å². The van der Waals surface area contributed by atoms with Crippen LogP contribution < -0.4 is 0 Å². The van der Waals surface area contributed by atoms with E-state index in [1.165, 1.54) is 11.1 Å². The first-order valence-electron chi connectivity index (χ1n) is 8.83. The van der Waals surface area contributed by atoms with Gasteiger partial charge in [0.15, 0.2) is 0 Å². The average molecular weight is 332 g/mol. The van der Waals surface area contributed by atoms with Gasteiger partial charge in [-0.15, -0.1) is 0 Å². The summed E-state index contributed by atoms with van der Waals surface area (Å²) < 4.78 is 0. The lowest BCUT2D eigenvalue weighted by atomic mass is 10.0. The fourth-order valence-corrected chi connectivity index (χ4v) is 3.17. The summed E-state index contributed by atoms with van der Waals surface area (Å²) in [7, 11) is 0. The van der Waals surface area contributed by atoms with Gasteiger partial charge in [-0.1, -0.05) is 18.2 Å². The molecule has 4 heteroatoms. The summed E-state index contributed by atoms with van der Waals surface area (Å²) in [6, 6.07) is 14.6. The van der Waals surface area contributed by atoms with Gasteiger partial charge in [-0.2, -0.15) is 5.26 Å². The van der Waals surface area contributed by atoms with E-state index in [0.29, 0.717) is 6.04 Å². The Labute approximate surface area is 149 Å². The van der Waals surface area contributed by atoms with Crippen LogP contribution >= 0.6 is 0 Å². The molecule has 0 N–H and O–H groups in total. The van der Waals surface area contributed by atoms with E-state index in [1.54, 1.807) is 0 Å². The number of hydrogen-bond acceptors (Lipinski definition) is 4. The second kappa shape index (κ2) is 8.04. The van der Waals surface area contributed by atoms with Gasteiger partial charge in [-0.25, -0.2) is 0 Å². The van der Waals surface area contributed by atoms with E-state index in [1.807, 2.05) is 31.3 Å². The van der Waals surface area contributed by atoms with Gasteiger partial charge in [0.2, 0.25) is 0 Å². The van der Waals surface area contributed by atoms with E-state index in [4.69, 9.17) is 10.3 Å². The number of aromatic nitrogens is 1. The summed E-state index contributed by atoms with van der Waals surface area (Å²) in [6.45, 7) is 7.17. The fraction of sp³-hybridized carbons (Fsp3) is 0.381. The van der Waals surface area contributed by atoms with Crippen LogP contribution in [-0.2, 0) is 6.54 Å². The summed E-state index contributed by atoms with van der Waals surface area (Å²) in [5.41, 5.74) is 5.17. The maximum absolute atomic E-state index is 8.87. The number of aryl methyl sites for hydroxylation is 1. The molecule has 1 fully saturated rings. The molecule has 0 spiro atoms. The summed E-state index contributed by atoms with van der Waals surface area (Å²) in [5.74, 6) is 0. The predicted molar refractivity (Wildman–Crippen MR) is 101 cm³/mol. The largest absolute Gasteiger partial charge is 0.299 e. The van der Waals surface area contributed by atoms with E-state index in [0.717, 1.165) is 49.4 Å². The third-order valence-electron chi connectivity index (χ3n) is 4.70. The lowest BCUT2D eigenvalue weighted by Gasteiger charge is -2.30. The van der Waals surface area contributed by atoms with E-state index in [9.17, 15) is 0 Å². The minimum atomic E-state index is 0.389. The van der Waals surface area contributed by atoms with E-state index in [2.05, 4.69) is 41.1 Å². The Bertz CT molecular complexity index is 761. The smallest absolute Gasteiger partial charge is 0.0991 e. The van der Waals surface area contributed by atoms with Gasteiger partial charge in [-0.3, -0.25) is 14.9 Å². The van der Waals surface area contributed by atoms with Crippen LogP contribution in [-0.4, -0.2) is 34.7 Å². The molecule has 3 rings (SSSR count). The number of nitriles is 1. The SMILES string of the molecule is CC(=NC1CCN(Cc2ccc(C#N)cc2)CC1)c1ccc(C)cn1. The van der Waals surface area contributed by atoms with Crippen molar-refractivity contribution in [2.75, 3.05) is 13.1 Å². The summed E-state index contributed by atoms with van der Waals surface area (Å²) in [4.78, 5) is 11.8. The molecule has 1 aliphatic heterocycles.